The van der Waals surface area contributed by atoms with Crippen molar-refractivity contribution in [3.63, 3.8) is 0 Å². The molecule has 1 aromatic rings. The van der Waals surface area contributed by atoms with Gasteiger partial charge in [-0.1, -0.05) is 0 Å². The van der Waals surface area contributed by atoms with E-state index in [0.29, 0.717) is 18.6 Å². The van der Waals surface area contributed by atoms with Crippen molar-refractivity contribution < 1.29 is 14.0 Å². The number of carbonyl (C=O) groups is 2. The predicted octanol–water partition coefficient (Wildman–Crippen LogP) is 0.735. The summed E-state index contributed by atoms with van der Waals surface area (Å²) in [5, 5.41) is 5.42. The third-order valence-corrected chi connectivity index (χ3v) is 2.64. The second kappa shape index (κ2) is 4.38. The number of nitrogens with one attached hydrogen (secondary N) is 2. The molecule has 1 aliphatic heterocycles. The largest absolute Gasteiger partial charge is 0.467 e. The van der Waals surface area contributed by atoms with E-state index in [1.807, 2.05) is 6.92 Å². The average molecular weight is 222 g/mol. The van der Waals surface area contributed by atoms with Crippen molar-refractivity contribution in [3.8, 4) is 0 Å². The molecule has 5 heteroatoms. The zero-order valence-corrected chi connectivity index (χ0v) is 9.03. The number of hydrogen-bond acceptors (Lipinski definition) is 3. The van der Waals surface area contributed by atoms with Crippen molar-refractivity contribution in [3.05, 3.63) is 24.2 Å². The Bertz CT molecular complexity index is 386. The number of rotatable bonds is 3. The lowest BCUT2D eigenvalue weighted by Crippen LogP contribution is -2.42. The third kappa shape index (κ3) is 2.24. The van der Waals surface area contributed by atoms with Crippen molar-refractivity contribution >= 4 is 11.8 Å². The van der Waals surface area contributed by atoms with Gasteiger partial charge in [-0.2, -0.15) is 0 Å². The average Bonchev–Trinajstić information content (AvgIpc) is 2.87. The first-order chi connectivity index (χ1) is 7.66. The molecule has 0 saturated carbocycles. The van der Waals surface area contributed by atoms with Crippen LogP contribution >= 0.6 is 0 Å². The molecule has 0 aliphatic carbocycles. The molecule has 1 fully saturated rings. The summed E-state index contributed by atoms with van der Waals surface area (Å²) in [6.07, 6.45) is 2.55. The van der Waals surface area contributed by atoms with Crippen LogP contribution in [0, 0.1) is 0 Å². The topological polar surface area (TPSA) is 71.3 Å². The minimum Gasteiger partial charge on any atom is -0.467 e. The van der Waals surface area contributed by atoms with Crippen LogP contribution in [0.25, 0.3) is 0 Å². The molecule has 86 valence electrons. The predicted molar refractivity (Wildman–Crippen MR) is 56.4 cm³/mol. The van der Waals surface area contributed by atoms with Crippen LogP contribution in [-0.4, -0.2) is 17.9 Å². The molecule has 2 heterocycles. The normalized spacial score (nSPS) is 21.6. The second-order valence-electron chi connectivity index (χ2n) is 3.90. The Morgan fingerprint density at radius 2 is 2.50 bits per heavy atom. The Balaban J connectivity index is 1.90. The van der Waals surface area contributed by atoms with E-state index >= 15 is 0 Å². The maximum atomic E-state index is 11.7. The molecule has 2 unspecified atom stereocenters. The van der Waals surface area contributed by atoms with E-state index in [9.17, 15) is 9.59 Å². The van der Waals surface area contributed by atoms with Gasteiger partial charge in [0.15, 0.2) is 0 Å². The molecule has 1 aromatic heterocycles. The van der Waals surface area contributed by atoms with Gasteiger partial charge in [0.05, 0.1) is 12.3 Å². The SMILES string of the molecule is CC(NC(=O)C1CCC(=O)N1)c1ccco1. The van der Waals surface area contributed by atoms with Gasteiger partial charge in [0, 0.05) is 6.42 Å². The maximum absolute atomic E-state index is 11.7. The van der Waals surface area contributed by atoms with E-state index in [1.54, 1.807) is 18.4 Å². The minimum absolute atomic E-state index is 0.0641. The van der Waals surface area contributed by atoms with E-state index in [0.717, 1.165) is 0 Å². The fourth-order valence-corrected chi connectivity index (χ4v) is 1.73. The third-order valence-electron chi connectivity index (χ3n) is 2.64. The zero-order valence-electron chi connectivity index (χ0n) is 9.03. The Morgan fingerprint density at radius 1 is 1.69 bits per heavy atom. The first-order valence-electron chi connectivity index (χ1n) is 5.30. The van der Waals surface area contributed by atoms with Gasteiger partial charge in [0.25, 0.3) is 0 Å². The summed E-state index contributed by atoms with van der Waals surface area (Å²) in [5.74, 6) is 0.484. The van der Waals surface area contributed by atoms with Crippen molar-refractivity contribution in [1.82, 2.24) is 10.6 Å². The smallest absolute Gasteiger partial charge is 0.243 e. The zero-order chi connectivity index (χ0) is 11.5. The molecule has 0 aromatic carbocycles. The minimum atomic E-state index is -0.398. The lowest BCUT2D eigenvalue weighted by atomic mass is 10.2. The number of carbonyl (C=O) groups excluding carboxylic acids is 2. The summed E-state index contributed by atoms with van der Waals surface area (Å²) in [6, 6.07) is 3.00. The van der Waals surface area contributed by atoms with Crippen LogP contribution in [0.5, 0.6) is 0 Å². The fraction of sp³-hybridized carbons (Fsp3) is 0.455. The molecule has 0 spiro atoms. The molecule has 16 heavy (non-hydrogen) atoms. The summed E-state index contributed by atoms with van der Waals surface area (Å²) >= 11 is 0. The first-order valence-corrected chi connectivity index (χ1v) is 5.30. The van der Waals surface area contributed by atoms with E-state index in [-0.39, 0.29) is 17.9 Å². The van der Waals surface area contributed by atoms with Crippen LogP contribution in [0.2, 0.25) is 0 Å². The van der Waals surface area contributed by atoms with Crippen LogP contribution in [0.4, 0.5) is 0 Å². The van der Waals surface area contributed by atoms with Gasteiger partial charge < -0.3 is 15.1 Å². The molecule has 0 radical (unpaired) electrons. The summed E-state index contributed by atoms with van der Waals surface area (Å²) in [7, 11) is 0. The molecule has 2 rings (SSSR count). The first kappa shape index (κ1) is 10.7. The van der Waals surface area contributed by atoms with E-state index in [2.05, 4.69) is 10.6 Å². The van der Waals surface area contributed by atoms with Crippen LogP contribution in [0.3, 0.4) is 0 Å². The summed E-state index contributed by atoms with van der Waals surface area (Å²) in [6.45, 7) is 1.84. The highest BCUT2D eigenvalue weighted by atomic mass is 16.3. The van der Waals surface area contributed by atoms with Crippen LogP contribution < -0.4 is 10.6 Å². The van der Waals surface area contributed by atoms with Gasteiger partial charge >= 0.3 is 0 Å². The highest BCUT2D eigenvalue weighted by molar-refractivity contribution is 5.90. The molecule has 2 amide bonds. The van der Waals surface area contributed by atoms with E-state index < -0.39 is 6.04 Å². The van der Waals surface area contributed by atoms with Gasteiger partial charge in [-0.25, -0.2) is 0 Å². The molecule has 2 N–H and O–H groups in total. The molecule has 1 aliphatic rings. The van der Waals surface area contributed by atoms with Crippen molar-refractivity contribution in [1.29, 1.82) is 0 Å². The summed E-state index contributed by atoms with van der Waals surface area (Å²) < 4.78 is 5.18. The maximum Gasteiger partial charge on any atom is 0.243 e. The highest BCUT2D eigenvalue weighted by Crippen LogP contribution is 2.14. The van der Waals surface area contributed by atoms with E-state index in [1.165, 1.54) is 0 Å². The van der Waals surface area contributed by atoms with E-state index in [4.69, 9.17) is 4.42 Å². The second-order valence-corrected chi connectivity index (χ2v) is 3.90. The fourth-order valence-electron chi connectivity index (χ4n) is 1.73. The lowest BCUT2D eigenvalue weighted by molar-refractivity contribution is -0.126. The quantitative estimate of drug-likeness (QED) is 0.792. The van der Waals surface area contributed by atoms with Crippen LogP contribution in [0.15, 0.2) is 22.8 Å². The molecule has 5 nitrogen and oxygen atoms in total. The number of furan rings is 1. The Labute approximate surface area is 93.2 Å². The Hall–Kier alpha value is -1.78. The van der Waals surface area contributed by atoms with Gasteiger partial charge in [-0.3, -0.25) is 9.59 Å². The van der Waals surface area contributed by atoms with Crippen molar-refractivity contribution in [2.45, 2.75) is 31.8 Å². The lowest BCUT2D eigenvalue weighted by Gasteiger charge is -2.15. The van der Waals surface area contributed by atoms with Gasteiger partial charge in [0.2, 0.25) is 11.8 Å². The summed E-state index contributed by atoms with van der Waals surface area (Å²) in [4.78, 5) is 22.7. The van der Waals surface area contributed by atoms with Gasteiger partial charge in [0.1, 0.15) is 11.8 Å². The number of hydrogen-bond donors (Lipinski definition) is 2. The van der Waals surface area contributed by atoms with Gasteiger partial charge in [-0.15, -0.1) is 0 Å². The monoisotopic (exact) mass is 222 g/mol. The van der Waals surface area contributed by atoms with Crippen LogP contribution in [-0.2, 0) is 9.59 Å². The van der Waals surface area contributed by atoms with Crippen LogP contribution in [0.1, 0.15) is 31.6 Å². The molecule has 0 bridgehead atoms. The summed E-state index contributed by atoms with van der Waals surface area (Å²) in [5.41, 5.74) is 0. The Kier molecular flexibility index (Phi) is 2.94. The number of amides is 2. The van der Waals surface area contributed by atoms with Gasteiger partial charge in [-0.05, 0) is 25.5 Å². The standard InChI is InChI=1S/C11H14N2O3/c1-7(9-3-2-6-16-9)12-11(15)8-4-5-10(14)13-8/h2-3,6-8H,4-5H2,1H3,(H,12,15)(H,13,14). The molecular weight excluding hydrogens is 208 g/mol. The highest BCUT2D eigenvalue weighted by Gasteiger charge is 2.28. The molecule has 2 atom stereocenters. The molecular formula is C11H14N2O3. The molecule has 1 saturated heterocycles. The van der Waals surface area contributed by atoms with Crippen molar-refractivity contribution in [2.75, 3.05) is 0 Å². The van der Waals surface area contributed by atoms with Crippen molar-refractivity contribution in [2.24, 2.45) is 0 Å². The Morgan fingerprint density at radius 3 is 3.06 bits per heavy atom.